The van der Waals surface area contributed by atoms with E-state index in [9.17, 15) is 18.0 Å². The fourth-order valence-electron chi connectivity index (χ4n) is 3.90. The third-order valence-electron chi connectivity index (χ3n) is 5.91. The van der Waals surface area contributed by atoms with Gasteiger partial charge < -0.3 is 15.0 Å². The monoisotopic (exact) mass is 551 g/mol. The molecule has 3 rings (SSSR count). The Bertz CT molecular complexity index is 1340. The Morgan fingerprint density at radius 2 is 1.41 bits per heavy atom. The van der Waals surface area contributed by atoms with Gasteiger partial charge >= 0.3 is 0 Å². The summed E-state index contributed by atoms with van der Waals surface area (Å²) in [5.74, 6) is -0.247. The summed E-state index contributed by atoms with van der Waals surface area (Å²) in [5.41, 5.74) is 1.67. The molecule has 1 N–H and O–H groups in total. The lowest BCUT2D eigenvalue weighted by molar-refractivity contribution is -0.140. The Balaban J connectivity index is 1.81. The fraction of sp³-hybridized carbons (Fsp3) is 0.333. The van der Waals surface area contributed by atoms with E-state index in [1.165, 1.54) is 4.90 Å². The zero-order valence-corrected chi connectivity index (χ0v) is 23.9. The number of anilines is 1. The molecule has 0 aliphatic rings. The minimum Gasteiger partial charge on any atom is -0.489 e. The molecule has 39 heavy (non-hydrogen) atoms. The van der Waals surface area contributed by atoms with Gasteiger partial charge in [0.1, 0.15) is 24.9 Å². The van der Waals surface area contributed by atoms with Crippen molar-refractivity contribution in [3.05, 3.63) is 96.1 Å². The Morgan fingerprint density at radius 3 is 1.92 bits per heavy atom. The van der Waals surface area contributed by atoms with Crippen LogP contribution in [0.1, 0.15) is 38.8 Å². The SMILES string of the molecule is C[C@@H](C(=O)NC(C)(C)C)N(Cc1ccccc1)C(=O)CN(c1ccc(OCc2ccccc2)cc1)S(C)(=O)=O. The molecule has 0 heterocycles. The number of amides is 2. The van der Waals surface area contributed by atoms with Crippen LogP contribution in [0.25, 0.3) is 0 Å². The van der Waals surface area contributed by atoms with E-state index in [0.717, 1.165) is 21.7 Å². The second-order valence-corrected chi connectivity index (χ2v) is 12.4. The van der Waals surface area contributed by atoms with E-state index in [1.54, 1.807) is 31.2 Å². The maximum atomic E-state index is 13.6. The van der Waals surface area contributed by atoms with E-state index in [-0.39, 0.29) is 12.5 Å². The molecule has 208 valence electrons. The number of carbonyl (C=O) groups is 2. The first-order valence-corrected chi connectivity index (χ1v) is 14.6. The molecular weight excluding hydrogens is 514 g/mol. The van der Waals surface area contributed by atoms with E-state index in [2.05, 4.69) is 5.32 Å². The molecule has 0 spiro atoms. The van der Waals surface area contributed by atoms with Gasteiger partial charge in [-0.3, -0.25) is 13.9 Å². The standard InChI is InChI=1S/C30H37N3O5S/c1-23(29(35)31-30(2,3)4)32(20-24-12-8-6-9-13-24)28(34)21-33(39(5,36)37)26-16-18-27(19-17-26)38-22-25-14-10-7-11-15-25/h6-19,23H,20-22H2,1-5H3,(H,31,35)/t23-/m0/s1. The van der Waals surface area contributed by atoms with Crippen LogP contribution in [0.4, 0.5) is 5.69 Å². The smallest absolute Gasteiger partial charge is 0.244 e. The zero-order chi connectivity index (χ0) is 28.6. The summed E-state index contributed by atoms with van der Waals surface area (Å²) in [6, 6.07) is 24.7. The number of sulfonamides is 1. The molecule has 0 aromatic heterocycles. The number of hydrogen-bond acceptors (Lipinski definition) is 5. The summed E-state index contributed by atoms with van der Waals surface area (Å²) in [7, 11) is -3.82. The van der Waals surface area contributed by atoms with Crippen LogP contribution in [0, 0.1) is 0 Å². The average Bonchev–Trinajstić information content (AvgIpc) is 2.88. The molecule has 0 unspecified atom stereocenters. The lowest BCUT2D eigenvalue weighted by atomic mass is 10.1. The van der Waals surface area contributed by atoms with Gasteiger partial charge in [-0.15, -0.1) is 0 Å². The summed E-state index contributed by atoms with van der Waals surface area (Å²) in [6.07, 6.45) is 1.05. The highest BCUT2D eigenvalue weighted by atomic mass is 32.2. The summed E-state index contributed by atoms with van der Waals surface area (Å²) in [5, 5.41) is 2.91. The average molecular weight is 552 g/mol. The molecule has 0 aliphatic carbocycles. The Hall–Kier alpha value is -3.85. The predicted octanol–water partition coefficient (Wildman–Crippen LogP) is 4.36. The Labute approximate surface area is 231 Å². The maximum Gasteiger partial charge on any atom is 0.244 e. The molecule has 9 heteroatoms. The second-order valence-electron chi connectivity index (χ2n) is 10.5. The van der Waals surface area contributed by atoms with Gasteiger partial charge in [0.05, 0.1) is 11.9 Å². The molecule has 0 aliphatic heterocycles. The minimum absolute atomic E-state index is 0.155. The maximum absolute atomic E-state index is 13.6. The van der Waals surface area contributed by atoms with Gasteiger partial charge in [0.15, 0.2) is 0 Å². The predicted molar refractivity (Wildman–Crippen MR) is 154 cm³/mol. The van der Waals surface area contributed by atoms with Crippen molar-refractivity contribution in [3.8, 4) is 5.75 Å². The second kappa shape index (κ2) is 12.8. The largest absolute Gasteiger partial charge is 0.489 e. The topological polar surface area (TPSA) is 96.0 Å². The number of nitrogens with one attached hydrogen (secondary N) is 1. The van der Waals surface area contributed by atoms with Gasteiger partial charge in [-0.25, -0.2) is 8.42 Å². The first-order valence-electron chi connectivity index (χ1n) is 12.7. The van der Waals surface area contributed by atoms with Crippen molar-refractivity contribution >= 4 is 27.5 Å². The molecular formula is C30H37N3O5S. The van der Waals surface area contributed by atoms with Crippen molar-refractivity contribution in [2.24, 2.45) is 0 Å². The quantitative estimate of drug-likeness (QED) is 0.382. The van der Waals surface area contributed by atoms with Gasteiger partial charge in [0, 0.05) is 12.1 Å². The molecule has 1 atom stereocenters. The third-order valence-corrected chi connectivity index (χ3v) is 7.05. The number of rotatable bonds is 11. The molecule has 2 amide bonds. The molecule has 8 nitrogen and oxygen atoms in total. The minimum atomic E-state index is -3.82. The third kappa shape index (κ3) is 9.14. The fourth-order valence-corrected chi connectivity index (χ4v) is 4.75. The highest BCUT2D eigenvalue weighted by Gasteiger charge is 2.31. The van der Waals surface area contributed by atoms with E-state index in [4.69, 9.17) is 4.74 Å². The van der Waals surface area contributed by atoms with E-state index >= 15 is 0 Å². The first kappa shape index (κ1) is 29.7. The van der Waals surface area contributed by atoms with Crippen LogP contribution < -0.4 is 14.4 Å². The number of ether oxygens (including phenoxy) is 1. The molecule has 0 saturated heterocycles. The van der Waals surface area contributed by atoms with Crippen LogP contribution in [0.5, 0.6) is 5.75 Å². The summed E-state index contributed by atoms with van der Waals surface area (Å²) in [4.78, 5) is 28.0. The molecule has 0 fully saturated rings. The Kier molecular flexibility index (Phi) is 9.75. The number of nitrogens with zero attached hydrogens (tertiary/aromatic N) is 2. The zero-order valence-electron chi connectivity index (χ0n) is 23.1. The van der Waals surface area contributed by atoms with Crippen molar-refractivity contribution in [1.29, 1.82) is 0 Å². The van der Waals surface area contributed by atoms with Crippen LogP contribution in [0.15, 0.2) is 84.9 Å². The number of benzene rings is 3. The first-order chi connectivity index (χ1) is 18.3. The van der Waals surface area contributed by atoms with Crippen LogP contribution in [-0.4, -0.2) is 49.5 Å². The van der Waals surface area contributed by atoms with Crippen molar-refractivity contribution in [1.82, 2.24) is 10.2 Å². The highest BCUT2D eigenvalue weighted by molar-refractivity contribution is 7.92. The van der Waals surface area contributed by atoms with E-state index in [1.807, 2.05) is 81.4 Å². The van der Waals surface area contributed by atoms with Crippen LogP contribution in [0.3, 0.4) is 0 Å². The van der Waals surface area contributed by atoms with Gasteiger partial charge in [-0.2, -0.15) is 0 Å². The highest BCUT2D eigenvalue weighted by Crippen LogP contribution is 2.23. The van der Waals surface area contributed by atoms with Gasteiger partial charge in [0.25, 0.3) is 0 Å². The van der Waals surface area contributed by atoms with Crippen molar-refractivity contribution < 1.29 is 22.7 Å². The van der Waals surface area contributed by atoms with Gasteiger partial charge in [0.2, 0.25) is 21.8 Å². The Morgan fingerprint density at radius 1 is 0.872 bits per heavy atom. The normalized spacial score (nSPS) is 12.3. The molecule has 3 aromatic carbocycles. The van der Waals surface area contributed by atoms with Crippen LogP contribution in [-0.2, 0) is 32.8 Å². The molecule has 0 radical (unpaired) electrons. The molecule has 0 saturated carbocycles. The lowest BCUT2D eigenvalue weighted by Crippen LogP contribution is -2.54. The number of hydrogen-bond donors (Lipinski definition) is 1. The van der Waals surface area contributed by atoms with Gasteiger partial charge in [-0.1, -0.05) is 60.7 Å². The van der Waals surface area contributed by atoms with Crippen molar-refractivity contribution in [2.45, 2.75) is 52.4 Å². The van der Waals surface area contributed by atoms with E-state index in [0.29, 0.717) is 18.0 Å². The molecule has 3 aromatic rings. The summed E-state index contributed by atoms with van der Waals surface area (Å²) >= 11 is 0. The van der Waals surface area contributed by atoms with Gasteiger partial charge in [-0.05, 0) is 63.1 Å². The molecule has 0 bridgehead atoms. The van der Waals surface area contributed by atoms with Crippen LogP contribution >= 0.6 is 0 Å². The number of carbonyl (C=O) groups excluding carboxylic acids is 2. The lowest BCUT2D eigenvalue weighted by Gasteiger charge is -2.33. The summed E-state index contributed by atoms with van der Waals surface area (Å²) < 4.78 is 32.4. The summed E-state index contributed by atoms with van der Waals surface area (Å²) in [6.45, 7) is 7.30. The van der Waals surface area contributed by atoms with Crippen molar-refractivity contribution in [3.63, 3.8) is 0 Å². The van der Waals surface area contributed by atoms with Crippen molar-refractivity contribution in [2.75, 3.05) is 17.1 Å². The van der Waals surface area contributed by atoms with Crippen LogP contribution in [0.2, 0.25) is 0 Å². The van der Waals surface area contributed by atoms with E-state index < -0.39 is 34.1 Å².